The van der Waals surface area contributed by atoms with Gasteiger partial charge in [0.15, 0.2) is 0 Å². The van der Waals surface area contributed by atoms with Gasteiger partial charge in [0, 0.05) is 19.5 Å². The zero-order chi connectivity index (χ0) is 19.1. The van der Waals surface area contributed by atoms with Crippen molar-refractivity contribution in [1.29, 1.82) is 0 Å². The van der Waals surface area contributed by atoms with Crippen molar-refractivity contribution in [3.05, 3.63) is 70.6 Å². The highest BCUT2D eigenvalue weighted by Crippen LogP contribution is 2.18. The highest BCUT2D eigenvalue weighted by molar-refractivity contribution is 5.74. The van der Waals surface area contributed by atoms with Crippen molar-refractivity contribution >= 4 is 17.3 Å². The van der Waals surface area contributed by atoms with Crippen molar-refractivity contribution in [3.8, 4) is 0 Å². The Bertz CT molecular complexity index is 914. The largest absolute Gasteiger partial charge is 0.326 e. The van der Waals surface area contributed by atoms with Crippen LogP contribution in [0.15, 0.2) is 59.4 Å². The van der Waals surface area contributed by atoms with Crippen molar-refractivity contribution in [3.63, 3.8) is 0 Å². The summed E-state index contributed by atoms with van der Waals surface area (Å²) in [6, 6.07) is 17.6. The van der Waals surface area contributed by atoms with Gasteiger partial charge in [-0.25, -0.2) is 4.79 Å². The Hall–Kier alpha value is -2.66. The van der Waals surface area contributed by atoms with E-state index in [1.165, 1.54) is 19.4 Å². The number of piperidine rings is 1. The number of nitrogens with zero attached hydrogens (tertiary/aromatic N) is 2. The van der Waals surface area contributed by atoms with Crippen LogP contribution in [0.4, 0.5) is 0 Å². The van der Waals surface area contributed by atoms with Gasteiger partial charge in [0.1, 0.15) is 6.29 Å². The molecule has 4 rings (SSSR count). The van der Waals surface area contributed by atoms with E-state index in [4.69, 9.17) is 0 Å². The van der Waals surface area contributed by atoms with Gasteiger partial charge in [-0.15, -0.1) is 0 Å². The first kappa shape index (κ1) is 19.1. The van der Waals surface area contributed by atoms with Crippen LogP contribution >= 0.6 is 0 Å². The van der Waals surface area contributed by atoms with Crippen LogP contribution in [-0.2, 0) is 17.8 Å². The molecule has 1 aliphatic rings. The normalized spacial score (nSPS) is 17.3. The average molecular weight is 365 g/mol. The number of likely N-dealkylation sites (tertiary alicyclic amines) is 1. The molecule has 5 heteroatoms. The number of H-pyrrole nitrogens is 1. The van der Waals surface area contributed by atoms with Gasteiger partial charge in [0.05, 0.1) is 11.0 Å². The molecule has 0 aliphatic carbocycles. The first-order chi connectivity index (χ1) is 13.2. The van der Waals surface area contributed by atoms with Crippen molar-refractivity contribution < 1.29 is 4.79 Å². The van der Waals surface area contributed by atoms with Crippen LogP contribution in [0, 0.1) is 5.92 Å². The lowest BCUT2D eigenvalue weighted by Gasteiger charge is -2.29. The Labute approximate surface area is 159 Å². The Balaban J connectivity index is 0.000000197. The molecule has 1 fully saturated rings. The molecular formula is C22H27N3O2. The maximum atomic E-state index is 12.0. The van der Waals surface area contributed by atoms with E-state index < -0.39 is 0 Å². The van der Waals surface area contributed by atoms with Gasteiger partial charge >= 0.3 is 5.69 Å². The SMILES string of the molecule is CN1CCCC(Cn2c(=O)[nH]c3ccccc32)C1.O=CCc1ccccc1. The molecule has 1 aromatic heterocycles. The Morgan fingerprint density at radius 2 is 1.85 bits per heavy atom. The van der Waals surface area contributed by atoms with Gasteiger partial charge < -0.3 is 14.7 Å². The highest BCUT2D eigenvalue weighted by atomic mass is 16.1. The maximum absolute atomic E-state index is 12.0. The molecule has 1 aliphatic heterocycles. The summed E-state index contributed by atoms with van der Waals surface area (Å²) in [7, 11) is 2.16. The van der Waals surface area contributed by atoms with Crippen LogP contribution in [0.2, 0.25) is 0 Å². The molecule has 1 unspecified atom stereocenters. The third-order valence-electron chi connectivity index (χ3n) is 5.01. The first-order valence-corrected chi connectivity index (χ1v) is 9.51. The van der Waals surface area contributed by atoms with Gasteiger partial charge in [-0.05, 0) is 50.0 Å². The first-order valence-electron chi connectivity index (χ1n) is 9.51. The Morgan fingerprint density at radius 3 is 2.59 bits per heavy atom. The van der Waals surface area contributed by atoms with Crippen molar-refractivity contribution in [2.75, 3.05) is 20.1 Å². The van der Waals surface area contributed by atoms with Crippen LogP contribution in [0.5, 0.6) is 0 Å². The molecule has 0 radical (unpaired) electrons. The quantitative estimate of drug-likeness (QED) is 0.723. The number of aldehydes is 1. The molecule has 142 valence electrons. The number of benzene rings is 2. The number of hydrogen-bond acceptors (Lipinski definition) is 3. The summed E-state index contributed by atoms with van der Waals surface area (Å²) >= 11 is 0. The number of para-hydroxylation sites is 2. The number of nitrogens with one attached hydrogen (secondary N) is 1. The lowest BCUT2D eigenvalue weighted by atomic mass is 9.98. The molecule has 1 atom stereocenters. The average Bonchev–Trinajstić information content (AvgIpc) is 2.99. The molecule has 2 heterocycles. The van der Waals surface area contributed by atoms with Gasteiger partial charge in [-0.2, -0.15) is 0 Å². The van der Waals surface area contributed by atoms with Crippen molar-refractivity contribution in [1.82, 2.24) is 14.5 Å². The minimum absolute atomic E-state index is 0.0180. The second-order valence-corrected chi connectivity index (χ2v) is 7.18. The van der Waals surface area contributed by atoms with Gasteiger partial charge in [0.25, 0.3) is 0 Å². The maximum Gasteiger partial charge on any atom is 0.326 e. The van der Waals surface area contributed by atoms with E-state index in [-0.39, 0.29) is 5.69 Å². The van der Waals surface area contributed by atoms with Crippen molar-refractivity contribution in [2.45, 2.75) is 25.8 Å². The molecular weight excluding hydrogens is 338 g/mol. The van der Waals surface area contributed by atoms with Gasteiger partial charge in [-0.3, -0.25) is 4.57 Å². The van der Waals surface area contributed by atoms with E-state index in [0.29, 0.717) is 12.3 Å². The van der Waals surface area contributed by atoms with Crippen LogP contribution in [0.3, 0.4) is 0 Å². The van der Waals surface area contributed by atoms with E-state index >= 15 is 0 Å². The minimum atomic E-state index is 0.0180. The zero-order valence-corrected chi connectivity index (χ0v) is 15.8. The third-order valence-corrected chi connectivity index (χ3v) is 5.01. The summed E-state index contributed by atoms with van der Waals surface area (Å²) in [5, 5.41) is 0. The van der Waals surface area contributed by atoms with E-state index in [1.807, 2.05) is 59.2 Å². The highest BCUT2D eigenvalue weighted by Gasteiger charge is 2.19. The molecule has 1 N–H and O–H groups in total. The molecule has 1 saturated heterocycles. The minimum Gasteiger partial charge on any atom is -0.306 e. The summed E-state index contributed by atoms with van der Waals surface area (Å²) in [5.74, 6) is 0.584. The van der Waals surface area contributed by atoms with E-state index in [2.05, 4.69) is 16.9 Å². The predicted molar refractivity (Wildman–Crippen MR) is 109 cm³/mol. The summed E-state index contributed by atoms with van der Waals surface area (Å²) in [4.78, 5) is 27.2. The smallest absolute Gasteiger partial charge is 0.306 e. The molecule has 0 amide bonds. The molecule has 0 saturated carbocycles. The fourth-order valence-corrected chi connectivity index (χ4v) is 3.68. The van der Waals surface area contributed by atoms with Crippen molar-refractivity contribution in [2.24, 2.45) is 5.92 Å². The molecule has 3 aromatic rings. The van der Waals surface area contributed by atoms with E-state index in [9.17, 15) is 9.59 Å². The Kier molecular flexibility index (Phi) is 6.60. The second kappa shape index (κ2) is 9.33. The molecule has 2 aromatic carbocycles. The Morgan fingerprint density at radius 1 is 1.11 bits per heavy atom. The summed E-state index contributed by atoms with van der Waals surface area (Å²) in [6.45, 7) is 3.10. The number of carbonyl (C=O) groups excluding carboxylic acids is 1. The predicted octanol–water partition coefficient (Wildman–Crippen LogP) is 3.10. The lowest BCUT2D eigenvalue weighted by molar-refractivity contribution is -0.107. The van der Waals surface area contributed by atoms with Gasteiger partial charge in [-0.1, -0.05) is 42.5 Å². The van der Waals surface area contributed by atoms with E-state index in [0.717, 1.165) is 36.0 Å². The molecule has 0 bridgehead atoms. The summed E-state index contributed by atoms with van der Waals surface area (Å²) in [6.07, 6.45) is 3.89. The zero-order valence-electron chi connectivity index (χ0n) is 15.8. The molecule has 0 spiro atoms. The number of carbonyl (C=O) groups is 1. The fraction of sp³-hybridized carbons (Fsp3) is 0.364. The van der Waals surface area contributed by atoms with Crippen LogP contribution in [0.25, 0.3) is 11.0 Å². The topological polar surface area (TPSA) is 58.1 Å². The lowest BCUT2D eigenvalue weighted by Crippen LogP contribution is -2.35. The number of fused-ring (bicyclic) bond motifs is 1. The van der Waals surface area contributed by atoms with Crippen LogP contribution in [-0.4, -0.2) is 40.9 Å². The summed E-state index contributed by atoms with van der Waals surface area (Å²) in [5.41, 5.74) is 3.05. The summed E-state index contributed by atoms with van der Waals surface area (Å²) < 4.78 is 1.89. The van der Waals surface area contributed by atoms with Crippen LogP contribution < -0.4 is 5.69 Å². The third kappa shape index (κ3) is 5.17. The van der Waals surface area contributed by atoms with Crippen LogP contribution in [0.1, 0.15) is 18.4 Å². The van der Waals surface area contributed by atoms with Gasteiger partial charge in [0.2, 0.25) is 0 Å². The van der Waals surface area contributed by atoms with E-state index in [1.54, 1.807) is 0 Å². The molecule has 27 heavy (non-hydrogen) atoms. The monoisotopic (exact) mass is 365 g/mol. The second-order valence-electron chi connectivity index (χ2n) is 7.18. The fourth-order valence-electron chi connectivity index (χ4n) is 3.68. The molecule has 5 nitrogen and oxygen atoms in total. The number of imidazole rings is 1. The standard InChI is InChI=1S/C14H19N3O.C8H8O/c1-16-8-4-5-11(9-16)10-17-13-7-3-2-6-12(13)15-14(17)18;9-7-6-8-4-2-1-3-5-8/h2-3,6-7,11H,4-5,8-10H2,1H3,(H,15,18);1-5,7H,6H2. The number of hydrogen-bond donors (Lipinski definition) is 1. The number of rotatable bonds is 4. The number of aromatic nitrogens is 2. The number of aromatic amines is 1.